The third kappa shape index (κ3) is 1.37. The minimum absolute atomic E-state index is 0.780. The van der Waals surface area contributed by atoms with Gasteiger partial charge in [-0.05, 0) is 26.5 Å². The van der Waals surface area contributed by atoms with Gasteiger partial charge in [0.05, 0.1) is 5.69 Å². The summed E-state index contributed by atoms with van der Waals surface area (Å²) in [6, 6.07) is 2.00. The first-order valence-corrected chi connectivity index (χ1v) is 4.68. The first-order chi connectivity index (χ1) is 6.72. The van der Waals surface area contributed by atoms with Crippen LogP contribution >= 0.6 is 0 Å². The molecular weight excluding hydrogens is 176 g/mol. The van der Waals surface area contributed by atoms with Crippen LogP contribution in [-0.4, -0.2) is 21.6 Å². The number of nitrogens with zero attached hydrogens (tertiary/aromatic N) is 3. The Bertz CT molecular complexity index is 458. The van der Waals surface area contributed by atoms with Gasteiger partial charge < -0.3 is 5.32 Å². The van der Waals surface area contributed by atoms with E-state index in [0.29, 0.717) is 0 Å². The number of hydrogen-bond acceptors (Lipinski definition) is 3. The molecule has 2 rings (SSSR count). The van der Waals surface area contributed by atoms with Gasteiger partial charge in [0.1, 0.15) is 0 Å². The van der Waals surface area contributed by atoms with Crippen LogP contribution in [0.25, 0.3) is 5.65 Å². The van der Waals surface area contributed by atoms with Gasteiger partial charge in [0.2, 0.25) is 0 Å². The summed E-state index contributed by atoms with van der Waals surface area (Å²) in [5.41, 5.74) is 4.25. The van der Waals surface area contributed by atoms with Crippen molar-refractivity contribution in [1.82, 2.24) is 19.9 Å². The monoisotopic (exact) mass is 190 g/mol. The Kier molecular flexibility index (Phi) is 2.21. The Hall–Kier alpha value is -1.42. The first-order valence-electron chi connectivity index (χ1n) is 4.68. The van der Waals surface area contributed by atoms with Crippen molar-refractivity contribution in [3.8, 4) is 0 Å². The summed E-state index contributed by atoms with van der Waals surface area (Å²) in [5.74, 6) is 0. The Morgan fingerprint density at radius 3 is 2.93 bits per heavy atom. The highest BCUT2D eigenvalue weighted by Gasteiger charge is 2.05. The molecule has 0 saturated heterocycles. The largest absolute Gasteiger partial charge is 0.314 e. The molecule has 4 heteroatoms. The zero-order valence-corrected chi connectivity index (χ0v) is 8.70. The van der Waals surface area contributed by atoms with Crippen LogP contribution in [0.4, 0.5) is 0 Å². The maximum absolute atomic E-state index is 4.45. The van der Waals surface area contributed by atoms with Crippen molar-refractivity contribution in [2.24, 2.45) is 0 Å². The van der Waals surface area contributed by atoms with E-state index in [1.54, 1.807) is 0 Å². The molecular formula is C10H14N4. The molecule has 0 saturated carbocycles. The zero-order valence-electron chi connectivity index (χ0n) is 8.70. The molecule has 2 aromatic rings. The van der Waals surface area contributed by atoms with Crippen molar-refractivity contribution in [3.05, 3.63) is 29.2 Å². The second-order valence-electron chi connectivity index (χ2n) is 3.46. The van der Waals surface area contributed by atoms with E-state index in [0.717, 1.165) is 29.1 Å². The van der Waals surface area contributed by atoms with Crippen LogP contribution in [0.5, 0.6) is 0 Å². The van der Waals surface area contributed by atoms with Crippen molar-refractivity contribution in [1.29, 1.82) is 0 Å². The average molecular weight is 190 g/mol. The van der Waals surface area contributed by atoms with E-state index in [4.69, 9.17) is 0 Å². The van der Waals surface area contributed by atoms with Crippen LogP contribution in [0, 0.1) is 13.8 Å². The van der Waals surface area contributed by atoms with E-state index in [2.05, 4.69) is 22.3 Å². The molecule has 0 radical (unpaired) electrons. The molecule has 14 heavy (non-hydrogen) atoms. The fraction of sp³-hybridized carbons (Fsp3) is 0.400. The minimum atomic E-state index is 0.780. The molecule has 0 aliphatic heterocycles. The number of nitrogens with one attached hydrogen (secondary N) is 1. The highest BCUT2D eigenvalue weighted by molar-refractivity contribution is 5.41. The predicted molar refractivity (Wildman–Crippen MR) is 55.2 cm³/mol. The van der Waals surface area contributed by atoms with Gasteiger partial charge in [-0.3, -0.25) is 0 Å². The van der Waals surface area contributed by atoms with Crippen LogP contribution < -0.4 is 5.32 Å². The van der Waals surface area contributed by atoms with E-state index in [1.165, 1.54) is 0 Å². The molecule has 0 fully saturated rings. The van der Waals surface area contributed by atoms with Crippen molar-refractivity contribution >= 4 is 5.65 Å². The summed E-state index contributed by atoms with van der Waals surface area (Å²) in [4.78, 5) is 4.32. The second kappa shape index (κ2) is 3.38. The molecule has 4 nitrogen and oxygen atoms in total. The molecule has 1 N–H and O–H groups in total. The van der Waals surface area contributed by atoms with E-state index in [9.17, 15) is 0 Å². The van der Waals surface area contributed by atoms with E-state index in [-0.39, 0.29) is 0 Å². The third-order valence-corrected chi connectivity index (χ3v) is 2.38. The summed E-state index contributed by atoms with van der Waals surface area (Å²) < 4.78 is 1.89. The Labute approximate surface area is 83.0 Å². The molecule has 0 aromatic carbocycles. The Morgan fingerprint density at radius 2 is 2.21 bits per heavy atom. The molecule has 0 aliphatic carbocycles. The molecule has 2 aromatic heterocycles. The Morgan fingerprint density at radius 1 is 1.43 bits per heavy atom. The van der Waals surface area contributed by atoms with E-state index in [1.807, 2.05) is 30.8 Å². The summed E-state index contributed by atoms with van der Waals surface area (Å²) >= 11 is 0. The molecule has 0 spiro atoms. The van der Waals surface area contributed by atoms with E-state index >= 15 is 0 Å². The van der Waals surface area contributed by atoms with Crippen LogP contribution in [0.3, 0.4) is 0 Å². The van der Waals surface area contributed by atoms with Gasteiger partial charge >= 0.3 is 0 Å². The van der Waals surface area contributed by atoms with Crippen molar-refractivity contribution in [2.45, 2.75) is 20.4 Å². The topological polar surface area (TPSA) is 42.2 Å². The lowest BCUT2D eigenvalue weighted by molar-refractivity contribution is 0.760. The molecule has 0 bridgehead atoms. The van der Waals surface area contributed by atoms with Gasteiger partial charge in [-0.1, -0.05) is 0 Å². The van der Waals surface area contributed by atoms with Gasteiger partial charge in [0.15, 0.2) is 5.65 Å². The fourth-order valence-electron chi connectivity index (χ4n) is 1.45. The second-order valence-corrected chi connectivity index (χ2v) is 3.46. The SMILES string of the molecule is CNCc1cc2ncc(C)c(C)n2n1. The Balaban J connectivity index is 2.59. The summed E-state index contributed by atoms with van der Waals surface area (Å²) in [6.07, 6.45) is 1.88. The van der Waals surface area contributed by atoms with Gasteiger partial charge in [0, 0.05) is 24.5 Å². The smallest absolute Gasteiger partial charge is 0.155 e. The minimum Gasteiger partial charge on any atom is -0.314 e. The molecule has 0 unspecified atom stereocenters. The maximum atomic E-state index is 4.45. The molecule has 0 aliphatic rings. The number of aryl methyl sites for hydroxylation is 2. The molecule has 0 atom stereocenters. The standard InChI is InChI=1S/C10H14N4/c1-7-5-12-10-4-9(6-11-3)13-14(10)8(7)2/h4-5,11H,6H2,1-3H3. The van der Waals surface area contributed by atoms with Crippen LogP contribution in [0.15, 0.2) is 12.3 Å². The average Bonchev–Trinajstić information content (AvgIpc) is 2.56. The lowest BCUT2D eigenvalue weighted by atomic mass is 10.3. The van der Waals surface area contributed by atoms with Crippen LogP contribution in [0.1, 0.15) is 17.0 Å². The third-order valence-electron chi connectivity index (χ3n) is 2.38. The van der Waals surface area contributed by atoms with Crippen LogP contribution in [0.2, 0.25) is 0 Å². The number of aromatic nitrogens is 3. The number of fused-ring (bicyclic) bond motifs is 1. The predicted octanol–water partition coefficient (Wildman–Crippen LogP) is 1.07. The van der Waals surface area contributed by atoms with Gasteiger partial charge in [-0.15, -0.1) is 0 Å². The quantitative estimate of drug-likeness (QED) is 0.770. The van der Waals surface area contributed by atoms with E-state index < -0.39 is 0 Å². The number of hydrogen-bond donors (Lipinski definition) is 1. The highest BCUT2D eigenvalue weighted by Crippen LogP contribution is 2.09. The first kappa shape index (κ1) is 9.15. The molecule has 0 amide bonds. The van der Waals surface area contributed by atoms with Crippen molar-refractivity contribution < 1.29 is 0 Å². The summed E-state index contributed by atoms with van der Waals surface area (Å²) in [6.45, 7) is 4.88. The fourth-order valence-corrected chi connectivity index (χ4v) is 1.45. The van der Waals surface area contributed by atoms with Gasteiger partial charge in [0.25, 0.3) is 0 Å². The normalized spacial score (nSPS) is 11.1. The lowest BCUT2D eigenvalue weighted by Gasteiger charge is -2.00. The van der Waals surface area contributed by atoms with Gasteiger partial charge in [-0.2, -0.15) is 5.10 Å². The maximum Gasteiger partial charge on any atom is 0.155 e. The lowest BCUT2D eigenvalue weighted by Crippen LogP contribution is -2.06. The van der Waals surface area contributed by atoms with Crippen molar-refractivity contribution in [2.75, 3.05) is 7.05 Å². The highest BCUT2D eigenvalue weighted by atomic mass is 15.3. The molecule has 2 heterocycles. The summed E-state index contributed by atoms with van der Waals surface area (Å²) in [7, 11) is 1.91. The summed E-state index contributed by atoms with van der Waals surface area (Å²) in [5, 5.41) is 7.53. The van der Waals surface area contributed by atoms with Gasteiger partial charge in [-0.25, -0.2) is 9.50 Å². The van der Waals surface area contributed by atoms with Crippen LogP contribution in [-0.2, 0) is 6.54 Å². The zero-order chi connectivity index (χ0) is 10.1. The molecule has 74 valence electrons. The number of rotatable bonds is 2. The van der Waals surface area contributed by atoms with Crippen molar-refractivity contribution in [3.63, 3.8) is 0 Å².